The first kappa shape index (κ1) is 16.6. The summed E-state index contributed by atoms with van der Waals surface area (Å²) in [5, 5.41) is 3.42. The first-order chi connectivity index (χ1) is 10.3. The van der Waals surface area contributed by atoms with Crippen LogP contribution in [0.5, 0.6) is 0 Å². The summed E-state index contributed by atoms with van der Waals surface area (Å²) >= 11 is 1.30. The smallest absolute Gasteiger partial charge is 0.256 e. The molecule has 0 saturated heterocycles. The van der Waals surface area contributed by atoms with Gasteiger partial charge in [-0.15, -0.1) is 0 Å². The topological polar surface area (TPSA) is 55.1 Å². The third kappa shape index (κ3) is 4.37. The van der Waals surface area contributed by atoms with Crippen LogP contribution in [0.1, 0.15) is 37.8 Å². The fourth-order valence-corrected chi connectivity index (χ4v) is 2.60. The van der Waals surface area contributed by atoms with E-state index in [9.17, 15) is 4.79 Å². The van der Waals surface area contributed by atoms with E-state index in [0.717, 1.165) is 17.1 Å². The molecule has 118 valence electrons. The Morgan fingerprint density at radius 3 is 2.36 bits per heavy atom. The number of thioether (sulfide) groups is 1. The van der Waals surface area contributed by atoms with Crippen LogP contribution in [0.3, 0.4) is 0 Å². The van der Waals surface area contributed by atoms with E-state index in [1.165, 1.54) is 17.3 Å². The van der Waals surface area contributed by atoms with Crippen LogP contribution in [-0.4, -0.2) is 16.6 Å². The fraction of sp³-hybridized carbons (Fsp3) is 0.412. The van der Waals surface area contributed by atoms with Crippen molar-refractivity contribution >= 4 is 23.4 Å². The number of benzene rings is 1. The summed E-state index contributed by atoms with van der Waals surface area (Å²) in [6.07, 6.45) is 0. The highest BCUT2D eigenvalue weighted by Crippen LogP contribution is 2.24. The average Bonchev–Trinajstić information content (AvgIpc) is 2.75. The van der Waals surface area contributed by atoms with Crippen molar-refractivity contribution in [1.29, 1.82) is 0 Å². The summed E-state index contributed by atoms with van der Waals surface area (Å²) in [5.41, 5.74) is 3.02. The van der Waals surface area contributed by atoms with E-state index in [0.29, 0.717) is 5.22 Å². The molecule has 0 fully saturated rings. The van der Waals surface area contributed by atoms with Crippen LogP contribution in [0, 0.1) is 13.8 Å². The molecule has 0 saturated carbocycles. The molecule has 1 aromatic heterocycles. The van der Waals surface area contributed by atoms with Gasteiger partial charge in [0.1, 0.15) is 5.76 Å². The third-order valence-electron chi connectivity index (χ3n) is 3.37. The largest absolute Gasteiger partial charge is 0.437 e. The second-order valence-corrected chi connectivity index (χ2v) is 7.21. The molecule has 2 aromatic rings. The molecule has 0 bridgehead atoms. The molecule has 4 nitrogen and oxygen atoms in total. The number of carbonyl (C=O) groups excluding carboxylic acids is 1. The van der Waals surface area contributed by atoms with Crippen LogP contribution < -0.4 is 5.32 Å². The normalized spacial score (nSPS) is 11.5. The van der Waals surface area contributed by atoms with Crippen molar-refractivity contribution in [2.24, 2.45) is 0 Å². The number of aromatic nitrogens is 1. The number of anilines is 1. The number of rotatable bonds is 4. The van der Waals surface area contributed by atoms with E-state index >= 15 is 0 Å². The molecule has 1 aromatic carbocycles. The molecule has 0 spiro atoms. The SMILES string of the molecule is Cc1nc(SCC(=O)Nc2ccc(C(C)(C)C)cc2)oc1C. The Morgan fingerprint density at radius 1 is 1.23 bits per heavy atom. The lowest BCUT2D eigenvalue weighted by molar-refractivity contribution is -0.113. The fourth-order valence-electron chi connectivity index (χ4n) is 1.88. The minimum absolute atomic E-state index is 0.0676. The standard InChI is InChI=1S/C17H22N2O2S/c1-11-12(2)21-16(18-11)22-10-15(20)19-14-8-6-13(7-9-14)17(3,4)5/h6-9H,10H2,1-5H3,(H,19,20). The Hall–Kier alpha value is -1.75. The van der Waals surface area contributed by atoms with E-state index in [-0.39, 0.29) is 17.1 Å². The molecular formula is C17H22N2O2S. The van der Waals surface area contributed by atoms with E-state index in [1.807, 2.05) is 38.1 Å². The predicted octanol–water partition coefficient (Wildman–Crippen LogP) is 4.32. The van der Waals surface area contributed by atoms with Gasteiger partial charge < -0.3 is 9.73 Å². The minimum atomic E-state index is -0.0676. The minimum Gasteiger partial charge on any atom is -0.437 e. The number of carbonyl (C=O) groups is 1. The molecule has 0 aliphatic carbocycles. The van der Waals surface area contributed by atoms with Crippen molar-refractivity contribution in [3.05, 3.63) is 41.3 Å². The van der Waals surface area contributed by atoms with Gasteiger partial charge in [0.05, 0.1) is 11.4 Å². The maximum atomic E-state index is 12.0. The summed E-state index contributed by atoms with van der Waals surface area (Å²) in [6, 6.07) is 7.96. The van der Waals surface area contributed by atoms with E-state index in [1.54, 1.807) is 0 Å². The van der Waals surface area contributed by atoms with Gasteiger partial charge in [-0.05, 0) is 37.0 Å². The van der Waals surface area contributed by atoms with Gasteiger partial charge in [0, 0.05) is 5.69 Å². The Labute approximate surface area is 135 Å². The number of hydrogen-bond donors (Lipinski definition) is 1. The van der Waals surface area contributed by atoms with Crippen molar-refractivity contribution in [3.8, 4) is 0 Å². The Morgan fingerprint density at radius 2 is 1.86 bits per heavy atom. The van der Waals surface area contributed by atoms with Gasteiger partial charge >= 0.3 is 0 Å². The number of aryl methyl sites for hydroxylation is 2. The number of nitrogens with zero attached hydrogens (tertiary/aromatic N) is 1. The van der Waals surface area contributed by atoms with Crippen molar-refractivity contribution in [2.45, 2.75) is 45.3 Å². The zero-order chi connectivity index (χ0) is 16.3. The Balaban J connectivity index is 1.89. The molecule has 0 atom stereocenters. The molecule has 0 aliphatic heterocycles. The zero-order valence-corrected chi connectivity index (χ0v) is 14.5. The molecule has 0 aliphatic rings. The number of amides is 1. The molecule has 1 N–H and O–H groups in total. The number of oxazole rings is 1. The lowest BCUT2D eigenvalue weighted by Crippen LogP contribution is -2.15. The first-order valence-corrected chi connectivity index (χ1v) is 8.21. The first-order valence-electron chi connectivity index (χ1n) is 7.23. The second-order valence-electron chi connectivity index (χ2n) is 6.29. The molecule has 22 heavy (non-hydrogen) atoms. The highest BCUT2D eigenvalue weighted by molar-refractivity contribution is 7.99. The van der Waals surface area contributed by atoms with Crippen LogP contribution in [0.15, 0.2) is 33.9 Å². The molecule has 5 heteroatoms. The van der Waals surface area contributed by atoms with Gasteiger partial charge in [-0.3, -0.25) is 4.79 Å². The molecule has 1 amide bonds. The van der Waals surface area contributed by atoms with Crippen molar-refractivity contribution in [3.63, 3.8) is 0 Å². The molecule has 1 heterocycles. The van der Waals surface area contributed by atoms with Gasteiger partial charge in [-0.25, -0.2) is 4.98 Å². The summed E-state index contributed by atoms with van der Waals surface area (Å²) in [6.45, 7) is 10.2. The Bertz CT molecular complexity index is 635. The molecule has 0 radical (unpaired) electrons. The summed E-state index contributed by atoms with van der Waals surface area (Å²) in [4.78, 5) is 16.2. The molecule has 0 unspecified atom stereocenters. The van der Waals surface area contributed by atoms with Crippen molar-refractivity contribution in [2.75, 3.05) is 11.1 Å². The maximum Gasteiger partial charge on any atom is 0.256 e. The van der Waals surface area contributed by atoms with Crippen molar-refractivity contribution in [1.82, 2.24) is 4.98 Å². The van der Waals surface area contributed by atoms with E-state index < -0.39 is 0 Å². The van der Waals surface area contributed by atoms with Gasteiger partial charge in [0.2, 0.25) is 5.91 Å². The van der Waals surface area contributed by atoms with Crippen LogP contribution in [0.2, 0.25) is 0 Å². The summed E-state index contributed by atoms with van der Waals surface area (Å²) < 4.78 is 5.44. The average molecular weight is 318 g/mol. The van der Waals surface area contributed by atoms with Gasteiger partial charge in [0.15, 0.2) is 0 Å². The van der Waals surface area contributed by atoms with E-state index in [4.69, 9.17) is 4.42 Å². The van der Waals surface area contributed by atoms with Gasteiger partial charge in [0.25, 0.3) is 5.22 Å². The van der Waals surface area contributed by atoms with Crippen molar-refractivity contribution < 1.29 is 9.21 Å². The van der Waals surface area contributed by atoms with Crippen LogP contribution in [-0.2, 0) is 10.2 Å². The number of nitrogens with one attached hydrogen (secondary N) is 1. The highest BCUT2D eigenvalue weighted by Gasteiger charge is 2.13. The Kier molecular flexibility index (Phi) is 4.96. The van der Waals surface area contributed by atoms with Crippen LogP contribution in [0.4, 0.5) is 5.69 Å². The van der Waals surface area contributed by atoms with Crippen LogP contribution in [0.25, 0.3) is 0 Å². The zero-order valence-electron chi connectivity index (χ0n) is 13.7. The van der Waals surface area contributed by atoms with Gasteiger partial charge in [-0.2, -0.15) is 0 Å². The highest BCUT2D eigenvalue weighted by atomic mass is 32.2. The molecular weight excluding hydrogens is 296 g/mol. The van der Waals surface area contributed by atoms with Gasteiger partial charge in [-0.1, -0.05) is 44.7 Å². The monoisotopic (exact) mass is 318 g/mol. The molecule has 2 rings (SSSR count). The quantitative estimate of drug-likeness (QED) is 0.853. The maximum absolute atomic E-state index is 12.0. The van der Waals surface area contributed by atoms with Crippen LogP contribution >= 0.6 is 11.8 Å². The summed E-state index contributed by atoms with van der Waals surface area (Å²) in [7, 11) is 0. The van der Waals surface area contributed by atoms with E-state index in [2.05, 4.69) is 31.1 Å². The number of hydrogen-bond acceptors (Lipinski definition) is 4. The predicted molar refractivity (Wildman–Crippen MR) is 90.5 cm³/mol. The third-order valence-corrected chi connectivity index (χ3v) is 4.20. The second kappa shape index (κ2) is 6.57. The lowest BCUT2D eigenvalue weighted by atomic mass is 9.87. The lowest BCUT2D eigenvalue weighted by Gasteiger charge is -2.19. The summed E-state index contributed by atoms with van der Waals surface area (Å²) in [5.74, 6) is 1.00.